The van der Waals surface area contributed by atoms with Crippen molar-refractivity contribution in [2.45, 2.75) is 0 Å². The first-order valence-electron chi connectivity index (χ1n) is 0.565. The third-order valence-corrected chi connectivity index (χ3v) is 0. The predicted molar refractivity (Wildman–Crippen MR) is 9.47 cm³/mol. The van der Waals surface area contributed by atoms with E-state index in [2.05, 4.69) is 0 Å². The maximum atomic E-state index is 8.36. The van der Waals surface area contributed by atoms with Crippen LogP contribution in [0.1, 0.15) is 0 Å². The second-order valence-electron chi connectivity index (χ2n) is 0.238. The van der Waals surface area contributed by atoms with Gasteiger partial charge in [0.1, 0.15) is 0 Å². The van der Waals surface area contributed by atoms with Crippen molar-refractivity contribution in [1.82, 2.24) is 0 Å². The second-order valence-corrected chi connectivity index (χ2v) is 0.238. The summed E-state index contributed by atoms with van der Waals surface area (Å²) in [6.07, 6.45) is 0. The molecular weight excluding hydrogens is 134 g/mol. The molecule has 0 aliphatic heterocycles. The van der Waals surface area contributed by atoms with Crippen LogP contribution < -0.4 is 0 Å². The third kappa shape index (κ3) is 257. The molecule has 0 amide bonds. The zero-order valence-corrected chi connectivity index (χ0v) is 3.58. The Balaban J connectivity index is -0.0000000450. The van der Waals surface area contributed by atoms with Crippen molar-refractivity contribution in [2.75, 3.05) is 0 Å². The van der Waals surface area contributed by atoms with Crippen LogP contribution in [-0.4, -0.2) is 10.3 Å². The summed E-state index contributed by atoms with van der Waals surface area (Å²) in [4.78, 5) is 8.36. The zero-order valence-electron chi connectivity index (χ0n) is 2.47. The maximum Gasteiger partial charge on any atom is 2.00 e. The molecule has 0 saturated heterocycles. The quantitative estimate of drug-likeness (QED) is 0.276. The normalized spacial score (nSPS) is 4.00. The smallest absolute Gasteiger partial charge is 2.00 e. The molecule has 38 valence electrons. The molecule has 0 bridgehead atoms. The van der Waals surface area contributed by atoms with E-state index in [1.165, 1.54) is 0 Å². The fourth-order valence-electron chi connectivity index (χ4n) is 0. The van der Waals surface area contributed by atoms with Crippen LogP contribution in [-0.2, 0) is 22.5 Å². The number of rotatable bonds is 0. The van der Waals surface area contributed by atoms with E-state index in [1.54, 1.807) is 0 Å². The molecule has 0 saturated carbocycles. The van der Waals surface area contributed by atoms with E-state index in [-0.39, 0.29) is 22.5 Å². The number of hydrogen-bond donors (Lipinski definition) is 1. The molecule has 0 aromatic heterocycles. The van der Waals surface area contributed by atoms with E-state index in [4.69, 9.17) is 15.3 Å². The van der Waals surface area contributed by atoms with Gasteiger partial charge in [-0.3, -0.25) is 0 Å². The van der Waals surface area contributed by atoms with Gasteiger partial charge in [-0.05, 0) is 0 Å². The molecular formula is HFeNO4. The average Bonchev–Trinajstić information content (AvgIpc) is 0.811. The van der Waals surface area contributed by atoms with Gasteiger partial charge < -0.3 is 10.7 Å². The van der Waals surface area contributed by atoms with Gasteiger partial charge >= 0.3 is 17.1 Å². The number of hydrogen-bond acceptors (Lipinski definition) is 2. The van der Waals surface area contributed by atoms with Crippen LogP contribution in [0.2, 0.25) is 0 Å². The molecule has 0 radical (unpaired) electrons. The van der Waals surface area contributed by atoms with Gasteiger partial charge in [0.15, 0.2) is 0 Å². The van der Waals surface area contributed by atoms with Crippen LogP contribution in [0.15, 0.2) is 0 Å². The Morgan fingerprint density at radius 3 is 1.67 bits per heavy atom. The first-order chi connectivity index (χ1) is 1.73. The number of nitrogens with zero attached hydrogens (tertiary/aromatic N) is 1. The van der Waals surface area contributed by atoms with Gasteiger partial charge in [0.05, 0.1) is 0 Å². The molecule has 0 heterocycles. The van der Waals surface area contributed by atoms with Crippen molar-refractivity contribution < 1.29 is 32.8 Å². The molecule has 6 heavy (non-hydrogen) atoms. The van der Waals surface area contributed by atoms with Gasteiger partial charge in [0.25, 0.3) is 5.09 Å². The molecule has 0 aromatic carbocycles. The Morgan fingerprint density at radius 2 is 1.67 bits per heavy atom. The van der Waals surface area contributed by atoms with Gasteiger partial charge in [0, 0.05) is 0 Å². The molecule has 0 aromatic rings. The summed E-state index contributed by atoms with van der Waals surface area (Å²) in [6.45, 7) is 0. The minimum atomic E-state index is -1.50. The molecule has 0 rings (SSSR count). The molecule has 0 atom stereocenters. The Bertz CT molecular complexity index is 30.5. The van der Waals surface area contributed by atoms with Crippen molar-refractivity contribution in [2.24, 2.45) is 0 Å². The summed E-state index contributed by atoms with van der Waals surface area (Å²) >= 11 is 0. The van der Waals surface area contributed by atoms with Crippen molar-refractivity contribution in [3.05, 3.63) is 10.1 Å². The van der Waals surface area contributed by atoms with Gasteiger partial charge in [0.2, 0.25) is 0 Å². The van der Waals surface area contributed by atoms with E-state index >= 15 is 0 Å². The van der Waals surface area contributed by atoms with Crippen molar-refractivity contribution in [1.29, 1.82) is 0 Å². The fourth-order valence-corrected chi connectivity index (χ4v) is 0. The van der Waals surface area contributed by atoms with E-state index in [1.807, 2.05) is 0 Å². The van der Waals surface area contributed by atoms with E-state index < -0.39 is 5.09 Å². The predicted octanol–water partition coefficient (Wildman–Crippen LogP) is -0.469. The van der Waals surface area contributed by atoms with Crippen molar-refractivity contribution in [3.63, 3.8) is 0 Å². The van der Waals surface area contributed by atoms with Gasteiger partial charge in [-0.15, -0.1) is 10.1 Å². The maximum absolute atomic E-state index is 8.36. The first kappa shape index (κ1) is 17.3. The van der Waals surface area contributed by atoms with Crippen LogP contribution >= 0.6 is 0 Å². The molecule has 0 fully saturated rings. The van der Waals surface area contributed by atoms with Crippen LogP contribution in [0.5, 0.6) is 0 Å². The third-order valence-electron chi connectivity index (χ3n) is 0. The Hall–Kier alpha value is -0.321. The Morgan fingerprint density at radius 1 is 1.67 bits per heavy atom. The summed E-state index contributed by atoms with van der Waals surface area (Å²) in [5.74, 6) is 0. The summed E-state index contributed by atoms with van der Waals surface area (Å²) < 4.78 is 0. The molecule has 0 unspecified atom stereocenters. The van der Waals surface area contributed by atoms with Crippen LogP contribution in [0.4, 0.5) is 0 Å². The topological polar surface area (TPSA) is 91.9 Å². The first-order valence-corrected chi connectivity index (χ1v) is 0.565. The van der Waals surface area contributed by atoms with E-state index in [0.29, 0.717) is 0 Å². The van der Waals surface area contributed by atoms with Gasteiger partial charge in [-0.2, -0.15) is 0 Å². The standard InChI is InChI=1S/Fe.HNO3.O/c;2-1(3)4;/h;(H,2,3,4);/q+2;;-2. The van der Waals surface area contributed by atoms with Gasteiger partial charge in [-0.1, -0.05) is 0 Å². The van der Waals surface area contributed by atoms with E-state index in [0.717, 1.165) is 0 Å². The fraction of sp³-hybridized carbons (Fsp3) is 0. The second kappa shape index (κ2) is 8.82. The molecule has 6 heteroatoms. The Labute approximate surface area is 43.9 Å². The minimum Gasteiger partial charge on any atom is -2.00 e. The molecule has 0 aliphatic rings. The molecule has 1 N–H and O–H groups in total. The minimum absolute atomic E-state index is 0. The van der Waals surface area contributed by atoms with Gasteiger partial charge in [-0.25, -0.2) is 0 Å². The summed E-state index contributed by atoms with van der Waals surface area (Å²) in [7, 11) is 0. The van der Waals surface area contributed by atoms with Crippen molar-refractivity contribution in [3.8, 4) is 0 Å². The molecule has 0 aliphatic carbocycles. The van der Waals surface area contributed by atoms with Crippen LogP contribution in [0.25, 0.3) is 0 Å². The molecule has 0 spiro atoms. The monoisotopic (exact) mass is 135 g/mol. The summed E-state index contributed by atoms with van der Waals surface area (Å²) in [5, 5.41) is 13.6. The summed E-state index contributed by atoms with van der Waals surface area (Å²) in [5.41, 5.74) is 0. The average molecular weight is 135 g/mol. The van der Waals surface area contributed by atoms with Crippen LogP contribution in [0.3, 0.4) is 0 Å². The SMILES string of the molecule is O=[N+]([O-])O.[Fe+2].[O-2]. The van der Waals surface area contributed by atoms with Crippen molar-refractivity contribution >= 4 is 0 Å². The van der Waals surface area contributed by atoms with Crippen LogP contribution in [0, 0.1) is 10.1 Å². The zero-order chi connectivity index (χ0) is 3.58. The summed E-state index contributed by atoms with van der Waals surface area (Å²) in [6, 6.07) is 0. The largest absolute Gasteiger partial charge is 2.00 e. The van der Waals surface area contributed by atoms with E-state index in [9.17, 15) is 0 Å². The molecule has 5 nitrogen and oxygen atoms in total. The Kier molecular flexibility index (Phi) is 25.5.